The van der Waals surface area contributed by atoms with Crippen LogP contribution >= 0.6 is 0 Å². The second kappa shape index (κ2) is 17.6. The molecule has 0 aliphatic carbocycles. The van der Waals surface area contributed by atoms with Crippen LogP contribution in [-0.4, -0.2) is 14.5 Å². The van der Waals surface area contributed by atoms with Gasteiger partial charge in [-0.15, -0.1) is 54.1 Å². The second-order valence-electron chi connectivity index (χ2n) is 18.4. The van der Waals surface area contributed by atoms with E-state index in [0.29, 0.717) is 11.4 Å². The molecule has 4 nitrogen and oxygen atoms in total. The largest absolute Gasteiger partial charge is 0.501 e. The summed E-state index contributed by atoms with van der Waals surface area (Å²) in [6, 6.07) is 49.0. The summed E-state index contributed by atoms with van der Waals surface area (Å²) in [6.07, 6.45) is 1.39. The molecule has 6 aromatic carbocycles. The van der Waals surface area contributed by atoms with Crippen molar-refractivity contribution >= 4 is 33.0 Å². The molecular formula is C57H57IrN3O-2. The fraction of sp³-hybridized carbons (Fsp3) is 0.263. The van der Waals surface area contributed by atoms with Crippen LogP contribution in [0.3, 0.4) is 0 Å². The number of furan rings is 1. The molecule has 317 valence electrons. The van der Waals surface area contributed by atoms with Crippen LogP contribution < -0.4 is 0 Å². The quantitative estimate of drug-likeness (QED) is 0.156. The number of para-hydroxylation sites is 2. The van der Waals surface area contributed by atoms with Crippen molar-refractivity contribution in [3.8, 4) is 39.5 Å². The molecule has 3 aromatic heterocycles. The van der Waals surface area contributed by atoms with Gasteiger partial charge in [-0.1, -0.05) is 153 Å². The molecule has 9 aromatic rings. The second-order valence-corrected chi connectivity index (χ2v) is 18.4. The zero-order chi connectivity index (χ0) is 47.6. The van der Waals surface area contributed by atoms with Crippen LogP contribution in [0.4, 0.5) is 0 Å². The number of aromatic nitrogens is 3. The van der Waals surface area contributed by atoms with E-state index in [1.165, 1.54) is 11.8 Å². The third-order valence-electron chi connectivity index (χ3n) is 11.3. The van der Waals surface area contributed by atoms with Gasteiger partial charge in [0.2, 0.25) is 0 Å². The van der Waals surface area contributed by atoms with E-state index < -0.39 is 18.6 Å². The zero-order valence-electron chi connectivity index (χ0n) is 42.3. The van der Waals surface area contributed by atoms with Crippen molar-refractivity contribution in [3.05, 3.63) is 174 Å². The van der Waals surface area contributed by atoms with Crippen LogP contribution in [0.5, 0.6) is 0 Å². The number of nitrogens with zero attached hydrogens (tertiary/aromatic N) is 3. The van der Waals surface area contributed by atoms with E-state index in [4.69, 9.17) is 13.5 Å². The van der Waals surface area contributed by atoms with Gasteiger partial charge >= 0.3 is 0 Å². The minimum atomic E-state index is -2.09. The summed E-state index contributed by atoms with van der Waals surface area (Å²) in [7, 11) is 0. The summed E-state index contributed by atoms with van der Waals surface area (Å²) >= 11 is 0. The van der Waals surface area contributed by atoms with Gasteiger partial charge in [0.1, 0.15) is 5.58 Å². The fourth-order valence-electron chi connectivity index (χ4n) is 7.85. The van der Waals surface area contributed by atoms with Crippen LogP contribution in [0.25, 0.3) is 72.4 Å². The Labute approximate surface area is 388 Å². The van der Waals surface area contributed by atoms with Crippen molar-refractivity contribution in [3.63, 3.8) is 0 Å². The topological polar surface area (TPSA) is 43.9 Å². The van der Waals surface area contributed by atoms with E-state index >= 15 is 0 Å². The van der Waals surface area contributed by atoms with Crippen LogP contribution in [-0.2, 0) is 30.9 Å². The van der Waals surface area contributed by atoms with Crippen molar-refractivity contribution < 1.29 is 31.4 Å². The molecule has 0 fully saturated rings. The summed E-state index contributed by atoms with van der Waals surface area (Å²) in [5.74, 6) is -1.25. The molecular weight excluding hydrogens is 935 g/mol. The molecule has 0 unspecified atom stereocenters. The van der Waals surface area contributed by atoms with E-state index in [0.717, 1.165) is 77.7 Å². The summed E-state index contributed by atoms with van der Waals surface area (Å²) < 4.78 is 49.5. The first kappa shape index (κ1) is 38.1. The van der Waals surface area contributed by atoms with Crippen molar-refractivity contribution in [2.24, 2.45) is 0 Å². The Kier molecular flexibility index (Phi) is 10.8. The van der Waals surface area contributed by atoms with Gasteiger partial charge in [0.15, 0.2) is 0 Å². The minimum Gasteiger partial charge on any atom is -0.501 e. The maximum atomic E-state index is 9.42. The first-order chi connectivity index (χ1) is 30.9. The van der Waals surface area contributed by atoms with E-state index in [-0.39, 0.29) is 36.5 Å². The van der Waals surface area contributed by atoms with Gasteiger partial charge in [0, 0.05) is 44.2 Å². The smallest absolute Gasteiger partial charge is 0.121 e. The molecule has 5 heteroatoms. The molecule has 0 saturated heterocycles. The molecule has 0 aliphatic heterocycles. The first-order valence-corrected chi connectivity index (χ1v) is 21.0. The van der Waals surface area contributed by atoms with Gasteiger partial charge in [-0.25, -0.2) is 0 Å². The predicted molar refractivity (Wildman–Crippen MR) is 257 cm³/mol. The third kappa shape index (κ3) is 8.85. The molecule has 0 bridgehead atoms. The van der Waals surface area contributed by atoms with Gasteiger partial charge < -0.3 is 14.0 Å². The van der Waals surface area contributed by atoms with Gasteiger partial charge in [0.05, 0.1) is 22.4 Å². The predicted octanol–water partition coefficient (Wildman–Crippen LogP) is 15.8. The molecule has 0 N–H and O–H groups in total. The van der Waals surface area contributed by atoms with E-state index in [1.807, 2.05) is 70.2 Å². The Bertz CT molecular complexity index is 3160. The fourth-order valence-corrected chi connectivity index (χ4v) is 7.85. The number of hydrogen-bond donors (Lipinski definition) is 0. The molecule has 0 atom stereocenters. The van der Waals surface area contributed by atoms with Crippen molar-refractivity contribution in [2.75, 3.05) is 0 Å². The summed E-state index contributed by atoms with van der Waals surface area (Å²) in [5.41, 5.74) is 12.9. The number of imidazole rings is 1. The van der Waals surface area contributed by atoms with Crippen LogP contribution in [0.1, 0.15) is 116 Å². The standard InChI is InChI=1S/C45H47N2O.C12H10N.Ir/c1-27(2)36-25-32(45(8,9)10)26-37(28(3)4)41(36)47-39-17-12-11-16-38(39)46-43(47)35-15-13-14-34-33-23-20-30(24-40(33)48-42(34)35)29-18-21-31(22-19-29)44(5,6)7;1-10-7-8-12(13-9-10)11-5-3-2-4-6-11;/h11-14,16-28H,1-10H3;2-5,7-9H,1H3;/q2*-1;/i27D,28D;1D3;. The molecule has 9 rings (SSSR count). The van der Waals surface area contributed by atoms with E-state index in [1.54, 1.807) is 18.2 Å². The van der Waals surface area contributed by atoms with Gasteiger partial charge in [-0.05, 0) is 92.3 Å². The first-order valence-electron chi connectivity index (χ1n) is 23.5. The number of rotatable bonds is 6. The SMILES string of the molecule is [2H]C(C)(C)c1cc(C(C)(C)C)cc(C([2H])(C)C)c1-n1c(-c2[c-]ccc3c2oc2cc(-c4ccc(C(C)(C)C)cc4)ccc23)nc2ccccc21.[2H]C([2H])([2H])c1ccc(-c2[c-]cccc2)nc1.[Ir]. The molecule has 3 heterocycles. The Balaban J connectivity index is 0.000000331. The molecule has 1 radical (unpaired) electrons. The third-order valence-corrected chi connectivity index (χ3v) is 11.3. The van der Waals surface area contributed by atoms with Gasteiger partial charge in [0.25, 0.3) is 0 Å². The molecule has 0 amide bonds. The minimum absolute atomic E-state index is 0. The number of pyridine rings is 1. The van der Waals surface area contributed by atoms with Crippen LogP contribution in [0.15, 0.2) is 138 Å². The Hall–Kier alpha value is -5.61. The number of hydrogen-bond acceptors (Lipinski definition) is 3. The Morgan fingerprint density at radius 1 is 0.677 bits per heavy atom. The monoisotopic (exact) mass is 997 g/mol. The van der Waals surface area contributed by atoms with E-state index in [9.17, 15) is 2.74 Å². The summed E-state index contributed by atoms with van der Waals surface area (Å²) in [4.78, 5) is 9.36. The molecule has 62 heavy (non-hydrogen) atoms. The van der Waals surface area contributed by atoms with Crippen molar-refractivity contribution in [1.82, 2.24) is 14.5 Å². The van der Waals surface area contributed by atoms with Crippen molar-refractivity contribution in [1.29, 1.82) is 0 Å². The van der Waals surface area contributed by atoms with Crippen LogP contribution in [0.2, 0.25) is 0 Å². The van der Waals surface area contributed by atoms with Gasteiger partial charge in [-0.3, -0.25) is 4.98 Å². The maximum Gasteiger partial charge on any atom is 0.121 e. The zero-order valence-corrected chi connectivity index (χ0v) is 39.7. The molecule has 0 spiro atoms. The Morgan fingerprint density at radius 2 is 1.35 bits per heavy atom. The molecule has 0 aliphatic rings. The normalized spacial score (nSPS) is 13.7. The van der Waals surface area contributed by atoms with Crippen molar-refractivity contribution in [2.45, 2.75) is 98.7 Å². The van der Waals surface area contributed by atoms with Crippen LogP contribution in [0, 0.1) is 19.0 Å². The summed E-state index contributed by atoms with van der Waals surface area (Å²) in [6.45, 7) is 18.9. The average molecular weight is 997 g/mol. The molecule has 0 saturated carbocycles. The van der Waals surface area contributed by atoms with Gasteiger partial charge in [-0.2, -0.15) is 0 Å². The maximum absolute atomic E-state index is 9.42. The van der Waals surface area contributed by atoms with E-state index in [2.05, 4.69) is 130 Å². The average Bonchev–Trinajstić information content (AvgIpc) is 3.83. The Morgan fingerprint density at radius 3 is 1.97 bits per heavy atom. The summed E-state index contributed by atoms with van der Waals surface area (Å²) in [5, 5.41) is 2.02. The number of benzene rings is 6. The number of fused-ring (bicyclic) bond motifs is 4. The number of aryl methyl sites for hydroxylation is 1.